The third-order valence-corrected chi connectivity index (χ3v) is 19.0. The number of likely N-dealkylation sites (N-methyl/N-ethyl adjacent to an activating group) is 1. The minimum Gasteiger partial charge on any atom is -0.462 e. The maximum atomic E-state index is 12.9. The maximum absolute atomic E-state index is 12.9. The van der Waals surface area contributed by atoms with Gasteiger partial charge in [0.1, 0.15) is 19.8 Å². The average Bonchev–Trinajstić information content (AvgIpc) is 0.914. The van der Waals surface area contributed by atoms with Gasteiger partial charge in [0.15, 0.2) is 6.10 Å². The highest BCUT2D eigenvalue weighted by molar-refractivity contribution is 7.47. The molecule has 0 spiro atoms. The summed E-state index contributed by atoms with van der Waals surface area (Å²) in [5.41, 5.74) is 0. The molecule has 102 heavy (non-hydrogen) atoms. The summed E-state index contributed by atoms with van der Waals surface area (Å²) in [7, 11) is 1.48. The van der Waals surface area contributed by atoms with E-state index in [1.165, 1.54) is 205 Å². The van der Waals surface area contributed by atoms with E-state index in [1.54, 1.807) is 0 Å². The van der Waals surface area contributed by atoms with E-state index in [-0.39, 0.29) is 32.0 Å². The fourth-order valence-electron chi connectivity index (χ4n) is 11.7. The molecule has 10 heteroatoms. The Morgan fingerprint density at radius 2 is 0.529 bits per heavy atom. The van der Waals surface area contributed by atoms with Gasteiger partial charge >= 0.3 is 19.8 Å². The van der Waals surface area contributed by atoms with Gasteiger partial charge in [-0.15, -0.1) is 0 Å². The van der Waals surface area contributed by atoms with Gasteiger partial charge in [-0.25, -0.2) is 4.57 Å². The minimum atomic E-state index is -4.40. The number of allylic oxidation sites excluding steroid dienone is 26. The summed E-state index contributed by atoms with van der Waals surface area (Å²) in [5, 5.41) is 0. The molecule has 0 aromatic carbocycles. The Bertz CT molecular complexity index is 2290. The Morgan fingerprint density at radius 3 is 0.784 bits per heavy atom. The van der Waals surface area contributed by atoms with Crippen molar-refractivity contribution < 1.29 is 42.1 Å². The van der Waals surface area contributed by atoms with Gasteiger partial charge in [0.2, 0.25) is 0 Å². The number of ether oxygens (including phenoxy) is 2. The number of unbranched alkanes of at least 4 members (excludes halogenated alkanes) is 37. The van der Waals surface area contributed by atoms with Crippen molar-refractivity contribution in [2.45, 2.75) is 367 Å². The molecule has 0 aromatic rings. The van der Waals surface area contributed by atoms with Crippen LogP contribution in [0.4, 0.5) is 0 Å². The van der Waals surface area contributed by atoms with E-state index in [4.69, 9.17) is 18.5 Å². The molecule has 0 bridgehead atoms. The summed E-state index contributed by atoms with van der Waals surface area (Å²) in [6.07, 6.45) is 121. The summed E-state index contributed by atoms with van der Waals surface area (Å²) >= 11 is 0. The normalized spacial score (nSPS) is 13.8. The van der Waals surface area contributed by atoms with Crippen LogP contribution in [-0.4, -0.2) is 74.9 Å². The van der Waals surface area contributed by atoms with E-state index >= 15 is 0 Å². The zero-order chi connectivity index (χ0) is 74.0. The third kappa shape index (κ3) is 84.6. The summed E-state index contributed by atoms with van der Waals surface area (Å²) in [6, 6.07) is 0. The van der Waals surface area contributed by atoms with Crippen LogP contribution >= 0.6 is 7.82 Å². The van der Waals surface area contributed by atoms with Crippen LogP contribution in [0, 0.1) is 0 Å². The summed E-state index contributed by atoms with van der Waals surface area (Å²) < 4.78 is 34.9. The second-order valence-corrected chi connectivity index (χ2v) is 30.6. The Morgan fingerprint density at radius 1 is 0.304 bits per heavy atom. The van der Waals surface area contributed by atoms with Crippen molar-refractivity contribution in [3.63, 3.8) is 0 Å². The number of phosphoric acid groups is 1. The second kappa shape index (κ2) is 80.7. The van der Waals surface area contributed by atoms with Gasteiger partial charge in [-0.2, -0.15) is 0 Å². The molecule has 0 amide bonds. The van der Waals surface area contributed by atoms with Crippen LogP contribution in [0.25, 0.3) is 0 Å². The zero-order valence-corrected chi connectivity index (χ0v) is 67.7. The van der Waals surface area contributed by atoms with Gasteiger partial charge in [0, 0.05) is 12.8 Å². The first-order valence-corrected chi connectivity index (χ1v) is 43.7. The Labute approximate surface area is 630 Å². The van der Waals surface area contributed by atoms with Crippen molar-refractivity contribution in [3.8, 4) is 0 Å². The maximum Gasteiger partial charge on any atom is 0.472 e. The van der Waals surface area contributed by atoms with E-state index in [2.05, 4.69) is 172 Å². The number of hydrogen-bond acceptors (Lipinski definition) is 7. The van der Waals surface area contributed by atoms with Gasteiger partial charge in [-0.3, -0.25) is 18.6 Å². The van der Waals surface area contributed by atoms with Crippen LogP contribution in [-0.2, 0) is 32.7 Å². The van der Waals surface area contributed by atoms with Gasteiger partial charge in [0.25, 0.3) is 0 Å². The quantitative estimate of drug-likeness (QED) is 0.0211. The van der Waals surface area contributed by atoms with Crippen molar-refractivity contribution in [1.29, 1.82) is 0 Å². The summed E-state index contributed by atoms with van der Waals surface area (Å²) in [4.78, 5) is 36.0. The second-order valence-electron chi connectivity index (χ2n) is 29.1. The molecule has 0 heterocycles. The molecule has 1 N–H and O–H groups in total. The third-order valence-electron chi connectivity index (χ3n) is 18.1. The number of esters is 2. The Hall–Kier alpha value is -4.37. The number of carbonyl (C=O) groups is 2. The van der Waals surface area contributed by atoms with Gasteiger partial charge in [-0.1, -0.05) is 384 Å². The van der Waals surface area contributed by atoms with E-state index < -0.39 is 26.5 Å². The highest BCUT2D eigenvalue weighted by Crippen LogP contribution is 2.43. The molecule has 584 valence electrons. The van der Waals surface area contributed by atoms with Crippen molar-refractivity contribution in [3.05, 3.63) is 158 Å². The molecular formula is C92H159NO8P+. The first-order chi connectivity index (χ1) is 50.0. The monoisotopic (exact) mass is 1440 g/mol. The standard InChI is InChI=1S/C92H158NO8P/c1-6-8-10-12-14-16-18-20-22-24-26-28-30-32-34-36-38-40-42-44-46-48-50-52-54-56-58-60-62-64-66-68-70-72-74-76-78-80-82-84-91(94)98-88-90(89-100-102(96,97)99-87-86-93(3,4)5)101-92(95)85-83-81-79-77-75-73-71-69-67-65-63-61-59-57-55-53-51-49-47-45-43-41-39-37-35-33-31-29-27-25-23-21-19-17-15-13-11-9-7-2/h8-11,14-17,20-23,26-29,32-35,39,41,45,47,51,53,90H,6-7,12-13,18-19,24-25,30-31,36-38,40,42-44,46,48-50,52,54-89H2,1-5H3/p+1/b10-8-,11-9-,16-14-,17-15-,22-20-,23-21-,28-26-,29-27-,34-32-,35-33-,41-39-,47-45-,53-51-. The molecule has 0 aromatic heterocycles. The number of carbonyl (C=O) groups excluding carboxylic acids is 2. The van der Waals surface area contributed by atoms with Crippen molar-refractivity contribution in [1.82, 2.24) is 0 Å². The van der Waals surface area contributed by atoms with Crippen LogP contribution in [0.5, 0.6) is 0 Å². The molecule has 0 aliphatic heterocycles. The van der Waals surface area contributed by atoms with Crippen molar-refractivity contribution in [2.24, 2.45) is 0 Å². The molecule has 9 nitrogen and oxygen atoms in total. The fraction of sp³-hybridized carbons (Fsp3) is 0.696. The average molecular weight is 1440 g/mol. The number of hydrogen-bond donors (Lipinski definition) is 1. The van der Waals surface area contributed by atoms with Gasteiger partial charge < -0.3 is 18.9 Å². The van der Waals surface area contributed by atoms with E-state index in [9.17, 15) is 19.0 Å². The minimum absolute atomic E-state index is 0.0281. The molecule has 0 radical (unpaired) electrons. The smallest absolute Gasteiger partial charge is 0.462 e. The van der Waals surface area contributed by atoms with Crippen molar-refractivity contribution >= 4 is 19.8 Å². The van der Waals surface area contributed by atoms with E-state index in [0.29, 0.717) is 17.4 Å². The molecular weight excluding hydrogens is 1280 g/mol. The van der Waals surface area contributed by atoms with Crippen molar-refractivity contribution in [2.75, 3.05) is 47.5 Å². The first kappa shape index (κ1) is 97.6. The molecule has 0 fully saturated rings. The predicted octanol–water partition coefficient (Wildman–Crippen LogP) is 28.6. The van der Waals surface area contributed by atoms with Gasteiger partial charge in [0.05, 0.1) is 27.7 Å². The lowest BCUT2D eigenvalue weighted by Crippen LogP contribution is -2.37. The molecule has 0 rings (SSSR count). The van der Waals surface area contributed by atoms with Crippen LogP contribution < -0.4 is 0 Å². The molecule has 0 saturated carbocycles. The molecule has 2 unspecified atom stereocenters. The highest BCUT2D eigenvalue weighted by atomic mass is 31.2. The summed E-state index contributed by atoms with van der Waals surface area (Å²) in [6.45, 7) is 4.24. The van der Waals surface area contributed by atoms with Crippen LogP contribution in [0.3, 0.4) is 0 Å². The lowest BCUT2D eigenvalue weighted by atomic mass is 10.0. The number of rotatable bonds is 77. The molecule has 0 aliphatic rings. The molecule has 0 aliphatic carbocycles. The highest BCUT2D eigenvalue weighted by Gasteiger charge is 2.27. The number of nitrogens with zero attached hydrogens (tertiary/aromatic N) is 1. The lowest BCUT2D eigenvalue weighted by molar-refractivity contribution is -0.870. The lowest BCUT2D eigenvalue weighted by Gasteiger charge is -2.24. The van der Waals surface area contributed by atoms with Crippen LogP contribution in [0.15, 0.2) is 158 Å². The Balaban J connectivity index is 3.95. The number of quaternary nitrogens is 1. The molecule has 0 saturated heterocycles. The van der Waals surface area contributed by atoms with E-state index in [0.717, 1.165) is 122 Å². The van der Waals surface area contributed by atoms with Crippen LogP contribution in [0.2, 0.25) is 0 Å². The van der Waals surface area contributed by atoms with Crippen LogP contribution in [0.1, 0.15) is 361 Å². The van der Waals surface area contributed by atoms with Gasteiger partial charge in [-0.05, 0) is 122 Å². The SMILES string of the molecule is CC/C=C\C/C=C\C/C=C\C/C=C\C/C=C\C/C=C\C/C=C\C/C=C\CCCCCCCCCCCCCCCCC(=O)OC(COC(=O)CCCCCCCCCCCCCCCCCCCCCCCCC/C=C\C/C=C\C/C=C\C/C=C\C/C=C\CC)COP(=O)(O)OCC[N+](C)(C)C. The Kier molecular flexibility index (Phi) is 77.3. The summed E-state index contributed by atoms with van der Waals surface area (Å²) in [5.74, 6) is -0.789. The zero-order valence-electron chi connectivity index (χ0n) is 66.8. The largest absolute Gasteiger partial charge is 0.472 e. The number of phosphoric ester groups is 1. The molecule has 2 atom stereocenters. The predicted molar refractivity (Wildman–Crippen MR) is 445 cm³/mol. The fourth-order valence-corrected chi connectivity index (χ4v) is 12.5. The first-order valence-electron chi connectivity index (χ1n) is 42.2. The topological polar surface area (TPSA) is 108 Å². The van der Waals surface area contributed by atoms with E-state index in [1.807, 2.05) is 21.1 Å².